The Balaban J connectivity index is 1.74. The third-order valence-corrected chi connectivity index (χ3v) is 5.70. The summed E-state index contributed by atoms with van der Waals surface area (Å²) in [6, 6.07) is 12.4. The Kier molecular flexibility index (Phi) is 5.02. The standard InChI is InChI=1S/C21H22N2O6/c1-27-14-5-2-12(3-6-14)20-19(21(25)26)15(9-23(20)10-18(22)24)13-4-7-16-17(8-13)29-11-28-16/h2-8,15,19-20H,9-11H2,1H3,(H2,22,24)(H,25,26)/p+1/t15-,19-,20+/m1/s1. The fourth-order valence-corrected chi connectivity index (χ4v) is 4.47. The van der Waals surface area contributed by atoms with Crippen LogP contribution >= 0.6 is 0 Å². The summed E-state index contributed by atoms with van der Waals surface area (Å²) in [7, 11) is 1.57. The second kappa shape index (κ2) is 7.63. The number of nitrogens with one attached hydrogen (secondary N) is 1. The van der Waals surface area contributed by atoms with Crippen LogP contribution < -0.4 is 24.8 Å². The van der Waals surface area contributed by atoms with Gasteiger partial charge in [0.25, 0.3) is 5.91 Å². The first-order valence-corrected chi connectivity index (χ1v) is 9.37. The van der Waals surface area contributed by atoms with Gasteiger partial charge in [-0.1, -0.05) is 6.07 Å². The van der Waals surface area contributed by atoms with Gasteiger partial charge in [0.2, 0.25) is 6.79 Å². The molecule has 0 radical (unpaired) electrons. The number of benzene rings is 2. The maximum atomic E-state index is 12.3. The van der Waals surface area contributed by atoms with Crippen molar-refractivity contribution in [3.05, 3.63) is 53.6 Å². The molecule has 29 heavy (non-hydrogen) atoms. The van der Waals surface area contributed by atoms with Gasteiger partial charge in [-0.3, -0.25) is 9.59 Å². The number of carbonyl (C=O) groups is 2. The molecule has 2 aromatic carbocycles. The Morgan fingerprint density at radius 1 is 1.14 bits per heavy atom. The summed E-state index contributed by atoms with van der Waals surface area (Å²) in [5.41, 5.74) is 7.15. The van der Waals surface area contributed by atoms with E-state index >= 15 is 0 Å². The first-order valence-electron chi connectivity index (χ1n) is 9.37. The van der Waals surface area contributed by atoms with Crippen molar-refractivity contribution in [1.29, 1.82) is 0 Å². The van der Waals surface area contributed by atoms with E-state index in [9.17, 15) is 14.7 Å². The van der Waals surface area contributed by atoms with Gasteiger partial charge in [0.1, 0.15) is 17.7 Å². The lowest BCUT2D eigenvalue weighted by atomic mass is 9.82. The van der Waals surface area contributed by atoms with Crippen molar-refractivity contribution < 1.29 is 33.8 Å². The van der Waals surface area contributed by atoms with Crippen LogP contribution in [0.1, 0.15) is 23.1 Å². The molecule has 4 atom stereocenters. The van der Waals surface area contributed by atoms with Crippen molar-refractivity contribution in [3.8, 4) is 17.2 Å². The number of methoxy groups -OCH3 is 1. The van der Waals surface area contributed by atoms with Gasteiger partial charge in [-0.25, -0.2) is 0 Å². The molecular formula is C21H23N2O6+. The molecule has 8 nitrogen and oxygen atoms in total. The van der Waals surface area contributed by atoms with Gasteiger partial charge in [0, 0.05) is 5.56 Å². The van der Waals surface area contributed by atoms with Gasteiger partial charge >= 0.3 is 5.97 Å². The molecule has 0 aromatic heterocycles. The third kappa shape index (κ3) is 3.58. The number of hydrogen-bond acceptors (Lipinski definition) is 5. The molecule has 4 rings (SSSR count). The number of fused-ring (bicyclic) bond motifs is 1. The molecule has 1 saturated heterocycles. The van der Waals surface area contributed by atoms with E-state index < -0.39 is 23.8 Å². The van der Waals surface area contributed by atoms with Crippen LogP contribution in [0.5, 0.6) is 17.2 Å². The number of hydrogen-bond donors (Lipinski definition) is 3. The molecule has 1 unspecified atom stereocenters. The number of carboxylic acids is 1. The first-order chi connectivity index (χ1) is 14.0. The van der Waals surface area contributed by atoms with Crippen LogP contribution in [0.3, 0.4) is 0 Å². The second-order valence-electron chi connectivity index (χ2n) is 7.34. The summed E-state index contributed by atoms with van der Waals surface area (Å²) >= 11 is 0. The van der Waals surface area contributed by atoms with Gasteiger partial charge in [0.15, 0.2) is 18.0 Å². The van der Waals surface area contributed by atoms with Gasteiger partial charge in [-0.2, -0.15) is 0 Å². The van der Waals surface area contributed by atoms with E-state index in [0.29, 0.717) is 23.8 Å². The summed E-state index contributed by atoms with van der Waals surface area (Å²) < 4.78 is 16.0. The van der Waals surface area contributed by atoms with Crippen molar-refractivity contribution in [2.75, 3.05) is 27.0 Å². The molecule has 0 aliphatic carbocycles. The van der Waals surface area contributed by atoms with Gasteiger partial charge in [-0.15, -0.1) is 0 Å². The molecule has 4 N–H and O–H groups in total. The number of carboxylic acid groups (broad SMARTS) is 1. The van der Waals surface area contributed by atoms with Crippen molar-refractivity contribution in [2.24, 2.45) is 11.7 Å². The third-order valence-electron chi connectivity index (χ3n) is 5.70. The number of carbonyl (C=O) groups excluding carboxylic acids is 1. The van der Waals surface area contributed by atoms with Crippen LogP contribution in [-0.4, -0.2) is 44.0 Å². The maximum Gasteiger partial charge on any atom is 0.313 e. The highest BCUT2D eigenvalue weighted by Gasteiger charge is 2.51. The smallest absolute Gasteiger partial charge is 0.313 e. The fraction of sp³-hybridized carbons (Fsp3) is 0.333. The summed E-state index contributed by atoms with van der Waals surface area (Å²) in [6.07, 6.45) is 0. The molecular weight excluding hydrogens is 376 g/mol. The molecule has 0 bridgehead atoms. The summed E-state index contributed by atoms with van der Waals surface area (Å²) in [4.78, 5) is 24.9. The molecule has 2 aliphatic rings. The quantitative estimate of drug-likeness (QED) is 0.646. The first kappa shape index (κ1) is 19.1. The minimum Gasteiger partial charge on any atom is -0.497 e. The van der Waals surface area contributed by atoms with E-state index in [1.807, 2.05) is 24.3 Å². The Morgan fingerprint density at radius 3 is 2.48 bits per heavy atom. The molecule has 152 valence electrons. The Morgan fingerprint density at radius 2 is 1.83 bits per heavy atom. The highest BCUT2D eigenvalue weighted by molar-refractivity contribution is 5.75. The zero-order chi connectivity index (χ0) is 20.5. The molecule has 2 heterocycles. The molecule has 2 aromatic rings. The largest absolute Gasteiger partial charge is 0.497 e. The molecule has 1 fully saturated rings. The molecule has 0 spiro atoms. The number of primary amides is 1. The number of likely N-dealkylation sites (tertiary alicyclic amines) is 1. The molecule has 8 heteroatoms. The minimum atomic E-state index is -0.909. The average Bonchev–Trinajstić information content (AvgIpc) is 3.31. The average molecular weight is 399 g/mol. The van der Waals surface area contributed by atoms with E-state index in [1.165, 1.54) is 0 Å². The van der Waals surface area contributed by atoms with Crippen LogP contribution in [-0.2, 0) is 9.59 Å². The number of nitrogens with two attached hydrogens (primary N) is 1. The summed E-state index contributed by atoms with van der Waals surface area (Å²) in [6.45, 7) is 0.678. The zero-order valence-corrected chi connectivity index (χ0v) is 16.0. The number of amides is 1. The Bertz CT molecular complexity index is 929. The van der Waals surface area contributed by atoms with Crippen LogP contribution in [0.15, 0.2) is 42.5 Å². The normalized spacial score (nSPS) is 25.0. The van der Waals surface area contributed by atoms with Crippen molar-refractivity contribution >= 4 is 11.9 Å². The lowest BCUT2D eigenvalue weighted by Crippen LogP contribution is -3.12. The van der Waals surface area contributed by atoms with Crippen molar-refractivity contribution in [2.45, 2.75) is 12.0 Å². The lowest BCUT2D eigenvalue weighted by Gasteiger charge is -2.23. The highest BCUT2D eigenvalue weighted by Crippen LogP contribution is 2.41. The summed E-state index contributed by atoms with van der Waals surface area (Å²) in [5.74, 6) is -0.464. The molecule has 0 saturated carbocycles. The minimum absolute atomic E-state index is 0.0571. The zero-order valence-electron chi connectivity index (χ0n) is 16.0. The van der Waals surface area contributed by atoms with Crippen LogP contribution in [0, 0.1) is 5.92 Å². The van der Waals surface area contributed by atoms with Crippen LogP contribution in [0.4, 0.5) is 0 Å². The van der Waals surface area contributed by atoms with Gasteiger partial charge in [0.05, 0.1) is 19.6 Å². The molecule has 2 aliphatic heterocycles. The monoisotopic (exact) mass is 399 g/mol. The predicted molar refractivity (Wildman–Crippen MR) is 102 cm³/mol. The Hall–Kier alpha value is -3.26. The number of quaternary nitrogens is 1. The van der Waals surface area contributed by atoms with E-state index in [2.05, 4.69) is 0 Å². The van der Waals surface area contributed by atoms with Crippen LogP contribution in [0.2, 0.25) is 0 Å². The van der Waals surface area contributed by atoms with Crippen LogP contribution in [0.25, 0.3) is 0 Å². The highest BCUT2D eigenvalue weighted by atomic mass is 16.7. The SMILES string of the molecule is COc1ccc([C@H]2[C@H](C(=O)O)[C@@H](c3ccc4c(c3)OCO4)C[NH+]2CC(N)=O)cc1. The number of rotatable bonds is 6. The number of ether oxygens (including phenoxy) is 3. The van der Waals surface area contributed by atoms with E-state index in [4.69, 9.17) is 19.9 Å². The second-order valence-corrected chi connectivity index (χ2v) is 7.34. The van der Waals surface area contributed by atoms with E-state index in [0.717, 1.165) is 16.0 Å². The fourth-order valence-electron chi connectivity index (χ4n) is 4.47. The Labute approximate surface area is 167 Å². The van der Waals surface area contributed by atoms with Gasteiger partial charge in [-0.05, 0) is 42.0 Å². The van der Waals surface area contributed by atoms with E-state index in [1.54, 1.807) is 25.3 Å². The summed E-state index contributed by atoms with van der Waals surface area (Å²) in [5, 5.41) is 10.1. The molecule has 1 amide bonds. The maximum absolute atomic E-state index is 12.3. The van der Waals surface area contributed by atoms with Gasteiger partial charge < -0.3 is 30.0 Å². The van der Waals surface area contributed by atoms with Crippen molar-refractivity contribution in [3.63, 3.8) is 0 Å². The number of aliphatic carboxylic acids is 1. The predicted octanol–water partition coefficient (Wildman–Crippen LogP) is 0.333. The van der Waals surface area contributed by atoms with E-state index in [-0.39, 0.29) is 19.3 Å². The topological polar surface area (TPSA) is 113 Å². The lowest BCUT2D eigenvalue weighted by molar-refractivity contribution is -0.912. The van der Waals surface area contributed by atoms with Crippen molar-refractivity contribution in [1.82, 2.24) is 0 Å².